The Morgan fingerprint density at radius 3 is 2.19 bits per heavy atom. The predicted octanol–water partition coefficient (Wildman–Crippen LogP) is 4.93. The van der Waals surface area contributed by atoms with E-state index >= 15 is 0 Å². The van der Waals surface area contributed by atoms with Crippen molar-refractivity contribution in [1.82, 2.24) is 34.7 Å². The summed E-state index contributed by atoms with van der Waals surface area (Å²) >= 11 is 0. The summed E-state index contributed by atoms with van der Waals surface area (Å²) in [5.74, 6) is 1.62. The van der Waals surface area contributed by atoms with Gasteiger partial charge in [0.2, 0.25) is 11.8 Å². The number of likely N-dealkylation sites (tertiary alicyclic amines) is 2. The molecule has 16 heteroatoms. The zero-order valence-corrected chi connectivity index (χ0v) is 36.1. The summed E-state index contributed by atoms with van der Waals surface area (Å²) in [6, 6.07) is 22.8. The van der Waals surface area contributed by atoms with E-state index in [1.54, 1.807) is 4.90 Å². The van der Waals surface area contributed by atoms with E-state index in [1.165, 1.54) is 0 Å². The maximum absolute atomic E-state index is 13.8. The minimum atomic E-state index is -0.612. The zero-order chi connectivity index (χ0) is 43.9. The molecule has 334 valence electrons. The number of nitrogens with one attached hydrogen (secondary N) is 2. The molecule has 6 amide bonds. The molecule has 4 N–H and O–H groups in total. The number of piperazine rings is 1. The average molecular weight is 869 g/mol. The van der Waals surface area contributed by atoms with Crippen LogP contribution in [0.2, 0.25) is 0 Å². The second-order valence-corrected chi connectivity index (χ2v) is 18.2. The molecule has 2 atom stereocenters. The van der Waals surface area contributed by atoms with Gasteiger partial charge >= 0.3 is 6.03 Å². The summed E-state index contributed by atoms with van der Waals surface area (Å²) in [6.45, 7) is 8.76. The van der Waals surface area contributed by atoms with Gasteiger partial charge in [-0.2, -0.15) is 5.10 Å². The fourth-order valence-electron chi connectivity index (χ4n) is 10.8. The lowest BCUT2D eigenvalue weighted by atomic mass is 9.87. The van der Waals surface area contributed by atoms with Gasteiger partial charge in [-0.3, -0.25) is 29.4 Å². The van der Waals surface area contributed by atoms with Crippen LogP contribution in [-0.4, -0.2) is 131 Å². The Morgan fingerprint density at radius 1 is 0.781 bits per heavy atom. The molecule has 6 aliphatic rings. The number of carbonyl (C=O) groups is 5. The molecule has 10 rings (SSSR count). The Kier molecular flexibility index (Phi) is 11.5. The highest BCUT2D eigenvalue weighted by Gasteiger charge is 2.40. The molecule has 3 aromatic carbocycles. The van der Waals surface area contributed by atoms with Crippen molar-refractivity contribution in [1.29, 1.82) is 0 Å². The molecule has 4 saturated heterocycles. The number of nitrogens with two attached hydrogens (primary N) is 1. The number of piperidine rings is 3. The van der Waals surface area contributed by atoms with Crippen molar-refractivity contribution < 1.29 is 28.7 Å². The Labute approximate surface area is 372 Å². The van der Waals surface area contributed by atoms with E-state index in [2.05, 4.69) is 26.5 Å². The highest BCUT2D eigenvalue weighted by molar-refractivity contribution is 6.06. The van der Waals surface area contributed by atoms with Crippen molar-refractivity contribution >= 4 is 41.2 Å². The summed E-state index contributed by atoms with van der Waals surface area (Å²) < 4.78 is 7.96. The molecule has 6 aliphatic heterocycles. The van der Waals surface area contributed by atoms with Crippen LogP contribution in [0.4, 0.5) is 16.3 Å². The van der Waals surface area contributed by atoms with Crippen molar-refractivity contribution in [3.8, 4) is 22.8 Å². The van der Waals surface area contributed by atoms with Crippen molar-refractivity contribution in [2.24, 2.45) is 17.6 Å². The van der Waals surface area contributed by atoms with E-state index in [0.29, 0.717) is 66.3 Å². The van der Waals surface area contributed by atoms with Gasteiger partial charge in [-0.25, -0.2) is 9.48 Å². The Hall–Kier alpha value is -6.42. The summed E-state index contributed by atoms with van der Waals surface area (Å²) in [5.41, 5.74) is 10.4. The summed E-state index contributed by atoms with van der Waals surface area (Å²) in [5, 5.41) is 10.8. The number of primary amides is 1. The van der Waals surface area contributed by atoms with Crippen LogP contribution in [0.5, 0.6) is 11.5 Å². The second kappa shape index (κ2) is 17.6. The van der Waals surface area contributed by atoms with E-state index in [1.807, 2.05) is 81.2 Å². The summed E-state index contributed by atoms with van der Waals surface area (Å²) in [6.07, 6.45) is 5.21. The van der Waals surface area contributed by atoms with Gasteiger partial charge in [0, 0.05) is 95.2 Å². The van der Waals surface area contributed by atoms with Gasteiger partial charge in [-0.05, 0) is 111 Å². The van der Waals surface area contributed by atoms with Crippen LogP contribution < -0.4 is 26.0 Å². The van der Waals surface area contributed by atoms with Gasteiger partial charge in [-0.1, -0.05) is 18.2 Å². The molecule has 1 unspecified atom stereocenters. The molecule has 0 spiro atoms. The third-order valence-corrected chi connectivity index (χ3v) is 14.3. The van der Waals surface area contributed by atoms with E-state index in [-0.39, 0.29) is 30.3 Å². The molecule has 64 heavy (non-hydrogen) atoms. The van der Waals surface area contributed by atoms with Crippen LogP contribution in [0.15, 0.2) is 72.8 Å². The highest BCUT2D eigenvalue weighted by Crippen LogP contribution is 2.41. The molecular weight excluding hydrogens is 813 g/mol. The summed E-state index contributed by atoms with van der Waals surface area (Å²) in [7, 11) is 0. The second-order valence-electron chi connectivity index (χ2n) is 18.2. The van der Waals surface area contributed by atoms with Gasteiger partial charge < -0.3 is 35.4 Å². The number of nitrogens with zero attached hydrogens (tertiary/aromatic N) is 7. The minimum Gasteiger partial charge on any atom is -0.457 e. The first-order valence-electron chi connectivity index (χ1n) is 22.9. The number of aromatic nitrogens is 2. The third kappa shape index (κ3) is 8.26. The van der Waals surface area contributed by atoms with Crippen molar-refractivity contribution in [3.05, 3.63) is 89.5 Å². The van der Waals surface area contributed by atoms with Crippen LogP contribution >= 0.6 is 0 Å². The van der Waals surface area contributed by atoms with Crippen molar-refractivity contribution in [2.75, 3.05) is 75.7 Å². The SMILES string of the molecule is NC(=O)c1c(-c2ccc(Oc3ccccc3)cc2)nn2c1NCC[C@H]2C1CCN(C(=O)N2CCC(CN3CCN(c4ccc5c(c4)CN(C4CCC(=O)NC4=O)C5=O)CC3)CC2)CC1. The van der Waals surface area contributed by atoms with Crippen molar-refractivity contribution in [2.45, 2.75) is 63.6 Å². The molecular formula is C48H56N10O6. The number of anilines is 2. The molecule has 1 aromatic heterocycles. The fraction of sp³-hybridized carbons (Fsp3) is 0.458. The quantitative estimate of drug-likeness (QED) is 0.196. The van der Waals surface area contributed by atoms with Crippen LogP contribution in [0.25, 0.3) is 11.3 Å². The van der Waals surface area contributed by atoms with Crippen LogP contribution in [0.3, 0.4) is 0 Å². The minimum absolute atomic E-state index is 0.0931. The first-order valence-corrected chi connectivity index (χ1v) is 22.9. The number of carbonyl (C=O) groups excluding carboxylic acids is 5. The first kappa shape index (κ1) is 41.6. The monoisotopic (exact) mass is 868 g/mol. The van der Waals surface area contributed by atoms with Gasteiger partial charge in [0.15, 0.2) is 0 Å². The maximum atomic E-state index is 13.8. The third-order valence-electron chi connectivity index (χ3n) is 14.3. The standard InChI is InChI=1S/C48H56N10O6/c49-44(60)42-43(33-6-9-37(10-7-33)64-36-4-2-1-3-5-36)52-58-39(14-19-50-45(42)58)32-17-22-56(23-18-32)48(63)55-20-15-31(16-21-55)29-53-24-26-54(27-25-53)35-8-11-38-34(28-35)30-57(47(38)62)40-12-13-41(59)51-46(40)61/h1-11,28,31-32,39-40,50H,12-27,29-30H2,(H2,49,60)(H,51,59,61)/t39-,40?/m0/s1. The van der Waals surface area contributed by atoms with E-state index in [0.717, 1.165) is 107 Å². The number of ether oxygens (including phenoxy) is 1. The molecule has 16 nitrogen and oxygen atoms in total. The lowest BCUT2D eigenvalue weighted by molar-refractivity contribution is -0.136. The number of hydrogen-bond acceptors (Lipinski definition) is 10. The van der Waals surface area contributed by atoms with Crippen LogP contribution in [-0.2, 0) is 16.1 Å². The van der Waals surface area contributed by atoms with E-state index in [4.69, 9.17) is 15.6 Å². The largest absolute Gasteiger partial charge is 0.457 e. The predicted molar refractivity (Wildman–Crippen MR) is 240 cm³/mol. The lowest BCUT2D eigenvalue weighted by Crippen LogP contribution is -2.52. The Bertz CT molecular complexity index is 2420. The number of amides is 6. The smallest absolute Gasteiger partial charge is 0.319 e. The fourth-order valence-corrected chi connectivity index (χ4v) is 10.8. The maximum Gasteiger partial charge on any atom is 0.319 e. The number of benzene rings is 3. The highest BCUT2D eigenvalue weighted by atomic mass is 16.5. The van der Waals surface area contributed by atoms with Gasteiger partial charge in [0.25, 0.3) is 11.8 Å². The van der Waals surface area contributed by atoms with Gasteiger partial charge in [0.05, 0.1) is 6.04 Å². The molecule has 0 bridgehead atoms. The lowest BCUT2D eigenvalue weighted by Gasteiger charge is -2.42. The number of para-hydroxylation sites is 1. The van der Waals surface area contributed by atoms with Crippen molar-refractivity contribution in [3.63, 3.8) is 0 Å². The topological polar surface area (TPSA) is 179 Å². The molecule has 4 aromatic rings. The molecule has 7 heterocycles. The van der Waals surface area contributed by atoms with Crippen LogP contribution in [0.1, 0.15) is 77.3 Å². The normalized spacial score (nSPS) is 22.2. The first-order chi connectivity index (χ1) is 31.2. The van der Waals surface area contributed by atoms with E-state index in [9.17, 15) is 24.0 Å². The number of rotatable bonds is 9. The van der Waals surface area contributed by atoms with Gasteiger partial charge in [-0.15, -0.1) is 0 Å². The van der Waals surface area contributed by atoms with Crippen LogP contribution in [0, 0.1) is 11.8 Å². The molecule has 4 fully saturated rings. The number of fused-ring (bicyclic) bond motifs is 2. The number of imide groups is 1. The molecule has 0 aliphatic carbocycles. The zero-order valence-electron chi connectivity index (χ0n) is 36.1. The average Bonchev–Trinajstić information content (AvgIpc) is 3.88. The number of urea groups is 1. The van der Waals surface area contributed by atoms with E-state index < -0.39 is 17.9 Å². The van der Waals surface area contributed by atoms with Gasteiger partial charge in [0.1, 0.15) is 34.6 Å². The summed E-state index contributed by atoms with van der Waals surface area (Å²) in [4.78, 5) is 74.6. The Morgan fingerprint density at radius 2 is 1.48 bits per heavy atom. The molecule has 0 radical (unpaired) electrons. The Balaban J connectivity index is 0.685. The molecule has 0 saturated carbocycles. The number of hydrogen-bond donors (Lipinski definition) is 3.